The topological polar surface area (TPSA) is 58.1 Å². The van der Waals surface area contributed by atoms with Gasteiger partial charge in [-0.15, -0.1) is 0 Å². The lowest BCUT2D eigenvalue weighted by Gasteiger charge is -2.29. The predicted molar refractivity (Wildman–Crippen MR) is 109 cm³/mol. The van der Waals surface area contributed by atoms with E-state index in [4.69, 9.17) is 9.47 Å². The molecule has 2 rings (SSSR count). The molecule has 146 valence electrons. The summed E-state index contributed by atoms with van der Waals surface area (Å²) in [7, 11) is 5.07. The summed E-state index contributed by atoms with van der Waals surface area (Å²) < 4.78 is 10.7. The molecular formula is C20H34N4O2. The molecule has 0 aromatic heterocycles. The van der Waals surface area contributed by atoms with E-state index in [2.05, 4.69) is 34.4 Å². The largest absolute Gasteiger partial charge is 0.493 e. The van der Waals surface area contributed by atoms with Crippen LogP contribution in [0.5, 0.6) is 11.5 Å². The fourth-order valence-corrected chi connectivity index (χ4v) is 3.46. The normalized spacial score (nSPS) is 16.6. The molecule has 26 heavy (non-hydrogen) atoms. The molecule has 0 aliphatic carbocycles. The summed E-state index contributed by atoms with van der Waals surface area (Å²) in [5.41, 5.74) is 0.914. The highest BCUT2D eigenvalue weighted by molar-refractivity contribution is 5.93. The third-order valence-corrected chi connectivity index (χ3v) is 4.78. The van der Waals surface area contributed by atoms with Crippen molar-refractivity contribution in [2.75, 3.05) is 46.2 Å². The lowest BCUT2D eigenvalue weighted by molar-refractivity contribution is 0.213. The second kappa shape index (κ2) is 10.3. The van der Waals surface area contributed by atoms with Gasteiger partial charge in [-0.2, -0.15) is 0 Å². The molecule has 2 N–H and O–H groups in total. The SMILES string of the molecule is CN=C(NCC(CC(C)C)N1CCCC1)Nc1ccc(OC)c(OC)c1. The Bertz CT molecular complexity index is 583. The van der Waals surface area contributed by atoms with Crippen LogP contribution in [0.2, 0.25) is 0 Å². The standard InChI is InChI=1S/C20H34N4O2/c1-15(2)12-17(24-10-6-7-11-24)14-22-20(21-3)23-16-8-9-18(25-4)19(13-16)26-5/h8-9,13,15,17H,6-7,10-12,14H2,1-5H3,(H2,21,22,23). The van der Waals surface area contributed by atoms with E-state index in [1.807, 2.05) is 18.2 Å². The van der Waals surface area contributed by atoms with Gasteiger partial charge in [0.1, 0.15) is 0 Å². The van der Waals surface area contributed by atoms with E-state index in [9.17, 15) is 0 Å². The molecular weight excluding hydrogens is 328 g/mol. The van der Waals surface area contributed by atoms with E-state index < -0.39 is 0 Å². The van der Waals surface area contributed by atoms with Gasteiger partial charge < -0.3 is 20.1 Å². The molecule has 1 heterocycles. The van der Waals surface area contributed by atoms with Crippen molar-refractivity contribution in [3.05, 3.63) is 18.2 Å². The third kappa shape index (κ3) is 5.80. The number of hydrogen-bond acceptors (Lipinski definition) is 4. The lowest BCUT2D eigenvalue weighted by Crippen LogP contribution is -2.45. The number of ether oxygens (including phenoxy) is 2. The smallest absolute Gasteiger partial charge is 0.195 e. The molecule has 1 unspecified atom stereocenters. The Morgan fingerprint density at radius 3 is 2.42 bits per heavy atom. The summed E-state index contributed by atoms with van der Waals surface area (Å²) in [6.07, 6.45) is 3.82. The Morgan fingerprint density at radius 2 is 1.85 bits per heavy atom. The third-order valence-electron chi connectivity index (χ3n) is 4.78. The Kier molecular flexibility index (Phi) is 8.04. The summed E-state index contributed by atoms with van der Waals surface area (Å²) >= 11 is 0. The minimum absolute atomic E-state index is 0.543. The molecule has 6 heteroatoms. The molecule has 1 atom stereocenters. The van der Waals surface area contributed by atoms with Crippen molar-refractivity contribution >= 4 is 11.6 Å². The number of hydrogen-bond donors (Lipinski definition) is 2. The summed E-state index contributed by atoms with van der Waals surface area (Å²) in [5, 5.41) is 6.83. The number of benzene rings is 1. The molecule has 0 saturated carbocycles. The maximum Gasteiger partial charge on any atom is 0.195 e. The molecule has 1 aliphatic heterocycles. The van der Waals surface area contributed by atoms with Gasteiger partial charge in [0.05, 0.1) is 14.2 Å². The van der Waals surface area contributed by atoms with E-state index in [-0.39, 0.29) is 0 Å². The number of methoxy groups -OCH3 is 2. The predicted octanol–water partition coefficient (Wildman–Crippen LogP) is 3.20. The average molecular weight is 363 g/mol. The minimum Gasteiger partial charge on any atom is -0.493 e. The maximum absolute atomic E-state index is 5.37. The lowest BCUT2D eigenvalue weighted by atomic mass is 10.0. The number of likely N-dealkylation sites (tertiary alicyclic amines) is 1. The van der Waals surface area contributed by atoms with Crippen LogP contribution in [0.4, 0.5) is 5.69 Å². The van der Waals surface area contributed by atoms with Gasteiger partial charge in [0, 0.05) is 31.4 Å². The summed E-state index contributed by atoms with van der Waals surface area (Å²) in [5.74, 6) is 2.86. The van der Waals surface area contributed by atoms with Crippen molar-refractivity contribution < 1.29 is 9.47 Å². The Hall–Kier alpha value is -1.95. The Labute approximate surface area is 158 Å². The van der Waals surface area contributed by atoms with E-state index in [0.29, 0.717) is 23.5 Å². The van der Waals surface area contributed by atoms with E-state index >= 15 is 0 Å². The van der Waals surface area contributed by atoms with Crippen LogP contribution in [0.3, 0.4) is 0 Å². The summed E-state index contributed by atoms with van der Waals surface area (Å²) in [6.45, 7) is 7.90. The van der Waals surface area contributed by atoms with Gasteiger partial charge in [-0.3, -0.25) is 9.89 Å². The molecule has 1 aliphatic rings. The molecule has 1 aromatic rings. The number of nitrogens with zero attached hydrogens (tertiary/aromatic N) is 2. The van der Waals surface area contributed by atoms with Crippen molar-refractivity contribution in [2.45, 2.75) is 39.2 Å². The zero-order valence-electron chi connectivity index (χ0n) is 16.8. The number of nitrogens with one attached hydrogen (secondary N) is 2. The zero-order valence-corrected chi connectivity index (χ0v) is 16.8. The molecule has 0 bridgehead atoms. The monoisotopic (exact) mass is 362 g/mol. The van der Waals surface area contributed by atoms with Crippen LogP contribution in [0, 0.1) is 5.92 Å². The summed E-state index contributed by atoms with van der Waals surface area (Å²) in [4.78, 5) is 6.97. The molecule has 6 nitrogen and oxygen atoms in total. The van der Waals surface area contributed by atoms with Crippen molar-refractivity contribution in [2.24, 2.45) is 10.9 Å². The zero-order chi connectivity index (χ0) is 18.9. The van der Waals surface area contributed by atoms with Crippen LogP contribution >= 0.6 is 0 Å². The highest BCUT2D eigenvalue weighted by atomic mass is 16.5. The maximum atomic E-state index is 5.37. The van der Waals surface area contributed by atoms with Gasteiger partial charge in [-0.05, 0) is 50.4 Å². The number of guanidine groups is 1. The number of aliphatic imine (C=N–C) groups is 1. The average Bonchev–Trinajstić information content (AvgIpc) is 3.18. The first-order valence-electron chi connectivity index (χ1n) is 9.51. The van der Waals surface area contributed by atoms with E-state index in [1.54, 1.807) is 21.3 Å². The van der Waals surface area contributed by atoms with Crippen molar-refractivity contribution in [1.29, 1.82) is 0 Å². The molecule has 0 radical (unpaired) electrons. The van der Waals surface area contributed by atoms with Crippen LogP contribution in [-0.2, 0) is 0 Å². The second-order valence-electron chi connectivity index (χ2n) is 7.17. The molecule has 0 amide bonds. The highest BCUT2D eigenvalue weighted by Gasteiger charge is 2.22. The Balaban J connectivity index is 1.97. The fourth-order valence-electron chi connectivity index (χ4n) is 3.46. The molecule has 1 fully saturated rings. The quantitative estimate of drug-likeness (QED) is 0.549. The molecule has 1 aromatic carbocycles. The van der Waals surface area contributed by atoms with Gasteiger partial charge >= 0.3 is 0 Å². The van der Waals surface area contributed by atoms with Crippen LogP contribution in [-0.4, -0.2) is 57.8 Å². The first kappa shape index (κ1) is 20.4. The van der Waals surface area contributed by atoms with Crippen molar-refractivity contribution in [3.63, 3.8) is 0 Å². The van der Waals surface area contributed by atoms with Gasteiger partial charge in [-0.1, -0.05) is 13.8 Å². The van der Waals surface area contributed by atoms with Crippen molar-refractivity contribution in [1.82, 2.24) is 10.2 Å². The minimum atomic E-state index is 0.543. The second-order valence-corrected chi connectivity index (χ2v) is 7.17. The van der Waals surface area contributed by atoms with Crippen LogP contribution in [0.1, 0.15) is 33.1 Å². The summed E-state index contributed by atoms with van der Waals surface area (Å²) in [6, 6.07) is 6.31. The van der Waals surface area contributed by atoms with Crippen LogP contribution in [0.15, 0.2) is 23.2 Å². The van der Waals surface area contributed by atoms with Gasteiger partial charge in [0.25, 0.3) is 0 Å². The van der Waals surface area contributed by atoms with Crippen molar-refractivity contribution in [3.8, 4) is 11.5 Å². The van der Waals surface area contributed by atoms with E-state index in [1.165, 1.54) is 32.4 Å². The van der Waals surface area contributed by atoms with Gasteiger partial charge in [0.2, 0.25) is 0 Å². The number of anilines is 1. The Morgan fingerprint density at radius 1 is 1.15 bits per heavy atom. The number of rotatable bonds is 8. The van der Waals surface area contributed by atoms with Crippen LogP contribution < -0.4 is 20.1 Å². The molecule has 1 saturated heterocycles. The van der Waals surface area contributed by atoms with Gasteiger partial charge in [-0.25, -0.2) is 0 Å². The highest BCUT2D eigenvalue weighted by Crippen LogP contribution is 2.29. The van der Waals surface area contributed by atoms with E-state index in [0.717, 1.165) is 18.2 Å². The first-order valence-corrected chi connectivity index (χ1v) is 9.51. The van der Waals surface area contributed by atoms with Crippen LogP contribution in [0.25, 0.3) is 0 Å². The molecule has 0 spiro atoms. The van der Waals surface area contributed by atoms with Gasteiger partial charge in [0.15, 0.2) is 17.5 Å². The first-order chi connectivity index (χ1) is 12.6. The fraction of sp³-hybridized carbons (Fsp3) is 0.650.